The lowest BCUT2D eigenvalue weighted by molar-refractivity contribution is -0.137. The molecule has 1 atom stereocenters. The minimum Gasteiger partial charge on any atom is -0.508 e. The van der Waals surface area contributed by atoms with Gasteiger partial charge in [-0.15, -0.1) is 0 Å². The molecule has 2 N–H and O–H groups in total. The zero-order valence-electron chi connectivity index (χ0n) is 13.1. The lowest BCUT2D eigenvalue weighted by Crippen LogP contribution is -2.48. The SMILES string of the molecule is Cc1cccc(CC2Oc3cc(O)ccc3N(CC(=O)O)C2=O)c1. The van der Waals surface area contributed by atoms with E-state index in [9.17, 15) is 14.7 Å². The van der Waals surface area contributed by atoms with Crippen molar-refractivity contribution in [3.8, 4) is 11.5 Å². The summed E-state index contributed by atoms with van der Waals surface area (Å²) in [5, 5.41) is 18.7. The summed E-state index contributed by atoms with van der Waals surface area (Å²) < 4.78 is 5.74. The molecular formula is C18H17NO5. The Bertz CT molecular complexity index is 802. The van der Waals surface area contributed by atoms with Crippen molar-refractivity contribution in [2.24, 2.45) is 0 Å². The summed E-state index contributed by atoms with van der Waals surface area (Å²) in [5.74, 6) is -1.23. The van der Waals surface area contributed by atoms with E-state index in [1.807, 2.05) is 31.2 Å². The summed E-state index contributed by atoms with van der Waals surface area (Å²) in [6, 6.07) is 12.0. The number of benzene rings is 2. The van der Waals surface area contributed by atoms with Crippen LogP contribution in [0.15, 0.2) is 42.5 Å². The lowest BCUT2D eigenvalue weighted by atomic mass is 10.0. The van der Waals surface area contributed by atoms with Gasteiger partial charge in [-0.1, -0.05) is 29.8 Å². The molecule has 3 rings (SSSR count). The van der Waals surface area contributed by atoms with Crippen LogP contribution in [-0.4, -0.2) is 34.7 Å². The Hall–Kier alpha value is -3.02. The largest absolute Gasteiger partial charge is 0.508 e. The van der Waals surface area contributed by atoms with Gasteiger partial charge in [0.05, 0.1) is 5.69 Å². The third-order valence-electron chi connectivity index (χ3n) is 3.84. The molecule has 2 aromatic rings. The second kappa shape index (κ2) is 6.23. The molecule has 0 spiro atoms. The molecule has 124 valence electrons. The normalized spacial score (nSPS) is 16.5. The van der Waals surface area contributed by atoms with Crippen molar-refractivity contribution < 1.29 is 24.5 Å². The number of rotatable bonds is 4. The minimum atomic E-state index is -1.11. The smallest absolute Gasteiger partial charge is 0.323 e. The van der Waals surface area contributed by atoms with Gasteiger partial charge in [-0.05, 0) is 24.6 Å². The maximum atomic E-state index is 12.7. The van der Waals surface area contributed by atoms with Crippen molar-refractivity contribution in [2.75, 3.05) is 11.4 Å². The molecule has 0 bridgehead atoms. The van der Waals surface area contributed by atoms with Gasteiger partial charge in [-0.3, -0.25) is 14.5 Å². The second-order valence-electron chi connectivity index (χ2n) is 5.77. The van der Waals surface area contributed by atoms with Crippen LogP contribution < -0.4 is 9.64 Å². The van der Waals surface area contributed by atoms with E-state index in [0.717, 1.165) is 11.1 Å². The molecule has 1 heterocycles. The monoisotopic (exact) mass is 327 g/mol. The van der Waals surface area contributed by atoms with Crippen molar-refractivity contribution in [3.05, 3.63) is 53.6 Å². The van der Waals surface area contributed by atoms with Crippen LogP contribution in [0.25, 0.3) is 0 Å². The Labute approximate surface area is 138 Å². The van der Waals surface area contributed by atoms with Gasteiger partial charge in [-0.2, -0.15) is 0 Å². The number of carboxylic acid groups (broad SMARTS) is 1. The Morgan fingerprint density at radius 2 is 2.04 bits per heavy atom. The number of anilines is 1. The summed E-state index contributed by atoms with van der Waals surface area (Å²) in [5.41, 5.74) is 2.34. The second-order valence-corrected chi connectivity index (χ2v) is 5.77. The van der Waals surface area contributed by atoms with Crippen molar-refractivity contribution in [1.29, 1.82) is 0 Å². The first-order valence-electron chi connectivity index (χ1n) is 7.52. The zero-order chi connectivity index (χ0) is 17.3. The highest BCUT2D eigenvalue weighted by Crippen LogP contribution is 2.37. The molecule has 0 radical (unpaired) electrons. The average molecular weight is 327 g/mol. The molecule has 0 saturated heterocycles. The Kier molecular flexibility index (Phi) is 4.12. The van der Waals surface area contributed by atoms with E-state index in [2.05, 4.69) is 0 Å². The number of fused-ring (bicyclic) bond motifs is 1. The molecule has 0 saturated carbocycles. The van der Waals surface area contributed by atoms with Gasteiger partial charge >= 0.3 is 5.97 Å². The van der Waals surface area contributed by atoms with Gasteiger partial charge in [0.15, 0.2) is 6.10 Å². The predicted octanol–water partition coefficient (Wildman–Crippen LogP) is 2.12. The highest BCUT2D eigenvalue weighted by Gasteiger charge is 2.35. The fourth-order valence-corrected chi connectivity index (χ4v) is 2.80. The van der Waals surface area contributed by atoms with Crippen LogP contribution in [0.2, 0.25) is 0 Å². The average Bonchev–Trinajstić information content (AvgIpc) is 2.51. The van der Waals surface area contributed by atoms with Gasteiger partial charge in [0, 0.05) is 12.5 Å². The number of aliphatic carboxylic acids is 1. The van der Waals surface area contributed by atoms with E-state index in [1.165, 1.54) is 23.1 Å². The van der Waals surface area contributed by atoms with E-state index in [1.54, 1.807) is 0 Å². The first-order valence-corrected chi connectivity index (χ1v) is 7.52. The molecule has 1 unspecified atom stereocenters. The number of phenols is 1. The fourth-order valence-electron chi connectivity index (χ4n) is 2.80. The number of hydrogen-bond acceptors (Lipinski definition) is 4. The van der Waals surface area contributed by atoms with E-state index in [-0.39, 0.29) is 5.75 Å². The zero-order valence-corrected chi connectivity index (χ0v) is 13.1. The number of aromatic hydroxyl groups is 1. The molecule has 1 aliphatic heterocycles. The highest BCUT2D eigenvalue weighted by atomic mass is 16.5. The predicted molar refractivity (Wildman–Crippen MR) is 87.4 cm³/mol. The molecule has 1 aliphatic rings. The molecule has 6 heteroatoms. The first-order chi connectivity index (χ1) is 11.4. The van der Waals surface area contributed by atoms with Gasteiger partial charge < -0.3 is 14.9 Å². The molecular weight excluding hydrogens is 310 g/mol. The van der Waals surface area contributed by atoms with Crippen LogP contribution in [-0.2, 0) is 16.0 Å². The van der Waals surface area contributed by atoms with E-state index < -0.39 is 24.5 Å². The lowest BCUT2D eigenvalue weighted by Gasteiger charge is -2.33. The van der Waals surface area contributed by atoms with Gasteiger partial charge in [0.1, 0.15) is 18.0 Å². The number of phenolic OH excluding ortho intramolecular Hbond substituents is 1. The molecule has 0 aliphatic carbocycles. The number of aryl methyl sites for hydroxylation is 1. The molecule has 0 aromatic heterocycles. The van der Waals surface area contributed by atoms with E-state index >= 15 is 0 Å². The topological polar surface area (TPSA) is 87.1 Å². The Balaban J connectivity index is 1.94. The molecule has 1 amide bonds. The van der Waals surface area contributed by atoms with Crippen LogP contribution in [0, 0.1) is 6.92 Å². The number of ether oxygens (including phenoxy) is 1. The number of carboxylic acids is 1. The quantitative estimate of drug-likeness (QED) is 0.898. The molecule has 24 heavy (non-hydrogen) atoms. The maximum Gasteiger partial charge on any atom is 0.323 e. The number of hydrogen-bond donors (Lipinski definition) is 2. The van der Waals surface area contributed by atoms with E-state index in [0.29, 0.717) is 17.9 Å². The van der Waals surface area contributed by atoms with Gasteiger partial charge in [0.2, 0.25) is 0 Å². The first kappa shape index (κ1) is 15.9. The van der Waals surface area contributed by atoms with Gasteiger partial charge in [-0.25, -0.2) is 0 Å². The molecule has 6 nitrogen and oxygen atoms in total. The number of carbonyl (C=O) groups excluding carboxylic acids is 1. The van der Waals surface area contributed by atoms with Gasteiger partial charge in [0.25, 0.3) is 5.91 Å². The summed E-state index contributed by atoms with van der Waals surface area (Å²) in [6.07, 6.45) is -0.508. The standard InChI is InChI=1S/C18H17NO5/c1-11-3-2-4-12(7-11)8-16-18(23)19(10-17(21)22)14-6-5-13(20)9-15(14)24-16/h2-7,9,16,20H,8,10H2,1H3,(H,21,22). The van der Waals surface area contributed by atoms with Crippen molar-refractivity contribution >= 4 is 17.6 Å². The van der Waals surface area contributed by atoms with Crippen LogP contribution in [0.1, 0.15) is 11.1 Å². The summed E-state index contributed by atoms with van der Waals surface area (Å²) in [7, 11) is 0. The Morgan fingerprint density at radius 1 is 1.25 bits per heavy atom. The van der Waals surface area contributed by atoms with Crippen LogP contribution in [0.5, 0.6) is 11.5 Å². The Morgan fingerprint density at radius 3 is 2.75 bits per heavy atom. The van der Waals surface area contributed by atoms with Crippen molar-refractivity contribution in [3.63, 3.8) is 0 Å². The molecule has 0 fully saturated rings. The van der Waals surface area contributed by atoms with E-state index in [4.69, 9.17) is 9.84 Å². The number of nitrogens with zero attached hydrogens (tertiary/aromatic N) is 1. The van der Waals surface area contributed by atoms with Crippen molar-refractivity contribution in [1.82, 2.24) is 0 Å². The van der Waals surface area contributed by atoms with Crippen molar-refractivity contribution in [2.45, 2.75) is 19.4 Å². The number of carbonyl (C=O) groups is 2. The van der Waals surface area contributed by atoms with Crippen LogP contribution >= 0.6 is 0 Å². The summed E-state index contributed by atoms with van der Waals surface area (Å²) in [4.78, 5) is 25.0. The van der Waals surface area contributed by atoms with Crippen LogP contribution in [0.4, 0.5) is 5.69 Å². The summed E-state index contributed by atoms with van der Waals surface area (Å²) >= 11 is 0. The number of amides is 1. The van der Waals surface area contributed by atoms with Crippen LogP contribution in [0.3, 0.4) is 0 Å². The third kappa shape index (κ3) is 3.17. The fraction of sp³-hybridized carbons (Fsp3) is 0.222. The third-order valence-corrected chi connectivity index (χ3v) is 3.84. The minimum absolute atomic E-state index is 0.00678. The summed E-state index contributed by atoms with van der Waals surface area (Å²) in [6.45, 7) is 1.50. The highest BCUT2D eigenvalue weighted by molar-refractivity contribution is 6.03. The maximum absolute atomic E-state index is 12.7. The molecule has 2 aromatic carbocycles.